The minimum Gasteiger partial charge on any atom is -0.481 e. The molecule has 0 unspecified atom stereocenters. The van der Waals surface area contributed by atoms with E-state index in [1.165, 1.54) is 6.92 Å². The van der Waals surface area contributed by atoms with Crippen LogP contribution < -0.4 is 27.4 Å². The molecule has 0 aliphatic heterocycles. The van der Waals surface area contributed by atoms with Gasteiger partial charge < -0.3 is 37.6 Å². The number of hydrogen-bond acceptors (Lipinski definition) is 6. The fourth-order valence-electron chi connectivity index (χ4n) is 1.93. The summed E-state index contributed by atoms with van der Waals surface area (Å²) in [5.41, 5.74) is 10.4. The Labute approximate surface area is 154 Å². The van der Waals surface area contributed by atoms with Gasteiger partial charge in [-0.05, 0) is 12.8 Å². The topological polar surface area (TPSA) is 226 Å². The fourth-order valence-corrected chi connectivity index (χ4v) is 1.93. The van der Waals surface area contributed by atoms with Crippen LogP contribution in [0.4, 0.5) is 0 Å². The predicted molar refractivity (Wildman–Crippen MR) is 92.3 cm³/mol. The number of carboxylic acid groups (broad SMARTS) is 2. The van der Waals surface area contributed by atoms with Gasteiger partial charge in [-0.3, -0.25) is 24.2 Å². The molecule has 0 aromatic carbocycles. The number of rotatable bonds is 12. The summed E-state index contributed by atoms with van der Waals surface area (Å²) in [4.78, 5) is 60.2. The first-order chi connectivity index (χ1) is 12.5. The molecule has 0 aromatic heterocycles. The Morgan fingerprint density at radius 3 is 2.15 bits per heavy atom. The second-order valence-corrected chi connectivity index (χ2v) is 5.48. The molecule has 0 heterocycles. The number of aliphatic imine (C=N–C) groups is 1. The van der Waals surface area contributed by atoms with Gasteiger partial charge in [-0.15, -0.1) is 0 Å². The van der Waals surface area contributed by atoms with E-state index < -0.39 is 54.7 Å². The molecule has 0 fully saturated rings. The Balaban J connectivity index is 4.61. The zero-order valence-corrected chi connectivity index (χ0v) is 14.7. The summed E-state index contributed by atoms with van der Waals surface area (Å²) in [5, 5.41) is 24.1. The summed E-state index contributed by atoms with van der Waals surface area (Å²) in [6.07, 6.45) is -0.239. The van der Waals surface area contributed by atoms with Crippen LogP contribution >= 0.6 is 0 Å². The van der Waals surface area contributed by atoms with Gasteiger partial charge in [0.2, 0.25) is 17.7 Å². The number of guanidine groups is 1. The Morgan fingerprint density at radius 2 is 1.67 bits per heavy atom. The molecule has 0 spiro atoms. The Morgan fingerprint density at radius 1 is 1.04 bits per heavy atom. The van der Waals surface area contributed by atoms with Gasteiger partial charge in [-0.25, -0.2) is 4.79 Å². The second-order valence-electron chi connectivity index (χ2n) is 5.48. The Kier molecular flexibility index (Phi) is 10.5. The number of nitrogens with two attached hydrogens (primary N) is 2. The van der Waals surface area contributed by atoms with Crippen LogP contribution in [0.2, 0.25) is 0 Å². The third-order valence-electron chi connectivity index (χ3n) is 3.07. The largest absolute Gasteiger partial charge is 0.481 e. The highest BCUT2D eigenvalue weighted by molar-refractivity contribution is 5.92. The molecule has 0 bridgehead atoms. The van der Waals surface area contributed by atoms with Gasteiger partial charge in [0, 0.05) is 13.5 Å². The third-order valence-corrected chi connectivity index (χ3v) is 3.07. The van der Waals surface area contributed by atoms with E-state index in [4.69, 9.17) is 21.7 Å². The second kappa shape index (κ2) is 12.1. The number of nitrogens with zero attached hydrogens (tertiary/aromatic N) is 1. The van der Waals surface area contributed by atoms with Crippen LogP contribution in [0.25, 0.3) is 0 Å². The standard InChI is InChI=1S/C14H24N6O7/c1-7(21)19-8(3-2-4-17-14(15)16)12(25)18-6-10(22)20-9(13(26)27)5-11(23)24/h8-9H,2-6H2,1H3,(H,18,25)(H,19,21)(H,20,22)(H,23,24)(H,26,27)(H4,15,16,17)/t8-,9-/m0/s1. The number of hydrogen-bond donors (Lipinski definition) is 7. The van der Waals surface area contributed by atoms with E-state index in [1.807, 2.05) is 5.32 Å². The summed E-state index contributed by atoms with van der Waals surface area (Å²) < 4.78 is 0. The molecule has 9 N–H and O–H groups in total. The van der Waals surface area contributed by atoms with Gasteiger partial charge in [0.1, 0.15) is 12.1 Å². The molecule has 13 heteroatoms. The van der Waals surface area contributed by atoms with Gasteiger partial charge in [0.05, 0.1) is 13.0 Å². The molecule has 0 rings (SSSR count). The maximum absolute atomic E-state index is 12.1. The average Bonchev–Trinajstić information content (AvgIpc) is 2.53. The fraction of sp³-hybridized carbons (Fsp3) is 0.571. The first kappa shape index (κ1) is 23.6. The Hall–Kier alpha value is -3.38. The molecule has 2 atom stereocenters. The predicted octanol–water partition coefficient (Wildman–Crippen LogP) is -3.29. The molecule has 0 aliphatic rings. The number of nitrogens with one attached hydrogen (secondary N) is 3. The minimum absolute atomic E-state index is 0.110. The van der Waals surface area contributed by atoms with E-state index in [2.05, 4.69) is 15.6 Å². The summed E-state index contributed by atoms with van der Waals surface area (Å²) in [7, 11) is 0. The highest BCUT2D eigenvalue weighted by atomic mass is 16.4. The maximum atomic E-state index is 12.1. The molecular formula is C14H24N6O7. The van der Waals surface area contributed by atoms with Crippen molar-refractivity contribution in [3.63, 3.8) is 0 Å². The number of carbonyl (C=O) groups is 5. The molecule has 0 aliphatic carbocycles. The van der Waals surface area contributed by atoms with Crippen molar-refractivity contribution in [2.45, 2.75) is 38.3 Å². The van der Waals surface area contributed by atoms with Crippen molar-refractivity contribution >= 4 is 35.6 Å². The van der Waals surface area contributed by atoms with Crippen molar-refractivity contribution in [3.05, 3.63) is 0 Å². The van der Waals surface area contributed by atoms with Gasteiger partial charge in [0.15, 0.2) is 5.96 Å². The quantitative estimate of drug-likeness (QED) is 0.101. The third kappa shape index (κ3) is 11.7. The maximum Gasteiger partial charge on any atom is 0.326 e. The highest BCUT2D eigenvalue weighted by Crippen LogP contribution is 1.99. The van der Waals surface area contributed by atoms with Crippen molar-refractivity contribution in [2.75, 3.05) is 13.1 Å². The molecule has 27 heavy (non-hydrogen) atoms. The molecule has 0 saturated carbocycles. The molecular weight excluding hydrogens is 364 g/mol. The SMILES string of the molecule is CC(=O)N[C@@H](CCCN=C(N)N)C(=O)NCC(=O)N[C@@H](CC(=O)O)C(=O)O. The first-order valence-electron chi connectivity index (χ1n) is 7.87. The van der Waals surface area contributed by atoms with Crippen molar-refractivity contribution < 1.29 is 34.2 Å². The number of aliphatic carboxylic acids is 2. The number of carboxylic acids is 2. The van der Waals surface area contributed by atoms with Crippen LogP contribution in [0.15, 0.2) is 4.99 Å². The number of carbonyl (C=O) groups excluding carboxylic acids is 3. The minimum atomic E-state index is -1.63. The van der Waals surface area contributed by atoms with E-state index in [0.717, 1.165) is 0 Å². The molecule has 152 valence electrons. The van der Waals surface area contributed by atoms with Crippen LogP contribution in [0, 0.1) is 0 Å². The summed E-state index contributed by atoms with van der Waals surface area (Å²) in [5.74, 6) is -5.06. The lowest BCUT2D eigenvalue weighted by Crippen LogP contribution is -2.50. The van der Waals surface area contributed by atoms with Crippen molar-refractivity contribution in [1.82, 2.24) is 16.0 Å². The normalized spacial score (nSPS) is 12.2. The average molecular weight is 388 g/mol. The summed E-state index contributed by atoms with van der Waals surface area (Å²) in [6.45, 7) is 0.861. The first-order valence-corrected chi connectivity index (χ1v) is 7.87. The van der Waals surface area contributed by atoms with Crippen LogP contribution in [0.1, 0.15) is 26.2 Å². The van der Waals surface area contributed by atoms with E-state index in [9.17, 15) is 24.0 Å². The van der Waals surface area contributed by atoms with Crippen molar-refractivity contribution in [1.29, 1.82) is 0 Å². The van der Waals surface area contributed by atoms with Crippen LogP contribution in [-0.2, 0) is 24.0 Å². The van der Waals surface area contributed by atoms with E-state index in [0.29, 0.717) is 6.42 Å². The lowest BCUT2D eigenvalue weighted by molar-refractivity contribution is -0.147. The molecule has 3 amide bonds. The van der Waals surface area contributed by atoms with E-state index >= 15 is 0 Å². The monoisotopic (exact) mass is 388 g/mol. The van der Waals surface area contributed by atoms with Crippen LogP contribution in [0.5, 0.6) is 0 Å². The van der Waals surface area contributed by atoms with Crippen LogP contribution in [0.3, 0.4) is 0 Å². The van der Waals surface area contributed by atoms with Crippen molar-refractivity contribution in [2.24, 2.45) is 16.5 Å². The lowest BCUT2D eigenvalue weighted by atomic mass is 10.1. The van der Waals surface area contributed by atoms with Crippen LogP contribution in [-0.4, -0.2) is 71.0 Å². The highest BCUT2D eigenvalue weighted by Gasteiger charge is 2.24. The zero-order chi connectivity index (χ0) is 21.0. The van der Waals surface area contributed by atoms with E-state index in [-0.39, 0.29) is 18.9 Å². The lowest BCUT2D eigenvalue weighted by Gasteiger charge is -2.18. The summed E-state index contributed by atoms with van der Waals surface area (Å²) in [6, 6.07) is -2.57. The number of amides is 3. The van der Waals surface area contributed by atoms with Gasteiger partial charge in [0.25, 0.3) is 0 Å². The molecule has 0 saturated heterocycles. The van der Waals surface area contributed by atoms with Crippen molar-refractivity contribution in [3.8, 4) is 0 Å². The Bertz CT molecular complexity index is 603. The molecule has 13 nitrogen and oxygen atoms in total. The smallest absolute Gasteiger partial charge is 0.326 e. The van der Waals surface area contributed by atoms with E-state index in [1.54, 1.807) is 0 Å². The zero-order valence-electron chi connectivity index (χ0n) is 14.7. The summed E-state index contributed by atoms with van der Waals surface area (Å²) >= 11 is 0. The van der Waals surface area contributed by atoms with Gasteiger partial charge in [-0.1, -0.05) is 0 Å². The van der Waals surface area contributed by atoms with Gasteiger partial charge in [-0.2, -0.15) is 0 Å². The van der Waals surface area contributed by atoms with Gasteiger partial charge >= 0.3 is 11.9 Å². The molecule has 0 aromatic rings. The molecule has 0 radical (unpaired) electrons.